The second-order valence-corrected chi connectivity index (χ2v) is 5.08. The topological polar surface area (TPSA) is 62.2 Å². The van der Waals surface area contributed by atoms with Crippen molar-refractivity contribution in [1.82, 2.24) is 10.3 Å². The van der Waals surface area contributed by atoms with Gasteiger partial charge in [-0.2, -0.15) is 0 Å². The van der Waals surface area contributed by atoms with E-state index in [0.29, 0.717) is 17.7 Å². The number of pyridine rings is 1. The Bertz CT molecular complexity index is 611. The first kappa shape index (κ1) is 15.2. The number of aromatic nitrogens is 1. The molecule has 0 fully saturated rings. The van der Waals surface area contributed by atoms with Crippen molar-refractivity contribution < 1.29 is 9.90 Å². The Morgan fingerprint density at radius 2 is 1.95 bits per heavy atom. The Hall–Kier alpha value is -2.20. The fraction of sp³-hybridized carbons (Fsp3) is 0.294. The van der Waals surface area contributed by atoms with E-state index in [9.17, 15) is 4.79 Å². The number of aliphatic hydroxyl groups is 1. The number of carbonyl (C=O) groups is 1. The van der Waals surface area contributed by atoms with Gasteiger partial charge in [-0.1, -0.05) is 30.3 Å². The molecular weight excluding hydrogens is 264 g/mol. The van der Waals surface area contributed by atoms with Crippen LogP contribution in [0.3, 0.4) is 0 Å². The fourth-order valence-electron chi connectivity index (χ4n) is 2.14. The van der Waals surface area contributed by atoms with Crippen LogP contribution < -0.4 is 5.32 Å². The number of benzene rings is 1. The zero-order valence-corrected chi connectivity index (χ0v) is 12.3. The van der Waals surface area contributed by atoms with Crippen LogP contribution in [0.1, 0.15) is 29.4 Å². The molecule has 0 aliphatic heterocycles. The summed E-state index contributed by atoms with van der Waals surface area (Å²) in [6.07, 6.45) is 0.542. The van der Waals surface area contributed by atoms with Gasteiger partial charge in [0, 0.05) is 18.2 Å². The first-order valence-electron chi connectivity index (χ1n) is 7.06. The summed E-state index contributed by atoms with van der Waals surface area (Å²) in [7, 11) is 0. The van der Waals surface area contributed by atoms with E-state index < -0.39 is 0 Å². The molecule has 0 spiro atoms. The second-order valence-electron chi connectivity index (χ2n) is 5.08. The lowest BCUT2D eigenvalue weighted by Crippen LogP contribution is -2.33. The van der Waals surface area contributed by atoms with Crippen molar-refractivity contribution in [2.75, 3.05) is 6.61 Å². The first-order chi connectivity index (χ1) is 10.1. The SMILES string of the molecule is Cc1nc(-c2ccccc2)ccc1C(=O)NC(C)CCO. The maximum atomic E-state index is 12.2. The minimum absolute atomic E-state index is 0.0595. The molecule has 0 radical (unpaired) electrons. The molecule has 0 aliphatic carbocycles. The van der Waals surface area contributed by atoms with Crippen LogP contribution in [0.4, 0.5) is 0 Å². The van der Waals surface area contributed by atoms with E-state index in [1.165, 1.54) is 0 Å². The molecule has 1 aromatic heterocycles. The van der Waals surface area contributed by atoms with Crippen LogP contribution in [0.2, 0.25) is 0 Å². The number of aryl methyl sites for hydroxylation is 1. The van der Waals surface area contributed by atoms with Crippen LogP contribution in [0.5, 0.6) is 0 Å². The Kier molecular flexibility index (Phi) is 5.06. The van der Waals surface area contributed by atoms with E-state index >= 15 is 0 Å². The average Bonchev–Trinajstić information content (AvgIpc) is 2.48. The molecule has 4 nitrogen and oxygen atoms in total. The number of hydrogen-bond acceptors (Lipinski definition) is 3. The molecule has 2 N–H and O–H groups in total. The molecule has 0 saturated carbocycles. The maximum absolute atomic E-state index is 12.2. The maximum Gasteiger partial charge on any atom is 0.253 e. The van der Waals surface area contributed by atoms with Gasteiger partial charge < -0.3 is 10.4 Å². The van der Waals surface area contributed by atoms with Crippen molar-refractivity contribution in [1.29, 1.82) is 0 Å². The average molecular weight is 284 g/mol. The third kappa shape index (κ3) is 3.89. The van der Waals surface area contributed by atoms with Crippen LogP contribution in [0.25, 0.3) is 11.3 Å². The molecule has 1 heterocycles. The molecule has 2 aromatic rings. The summed E-state index contributed by atoms with van der Waals surface area (Å²) in [5.41, 5.74) is 3.15. The van der Waals surface area contributed by atoms with Crippen LogP contribution >= 0.6 is 0 Å². The predicted octanol–water partition coefficient (Wildman–Crippen LogP) is 2.56. The van der Waals surface area contributed by atoms with E-state index in [1.54, 1.807) is 6.07 Å². The summed E-state index contributed by atoms with van der Waals surface area (Å²) in [5, 5.41) is 11.7. The summed E-state index contributed by atoms with van der Waals surface area (Å²) in [4.78, 5) is 16.7. The molecule has 4 heteroatoms. The Morgan fingerprint density at radius 3 is 2.57 bits per heavy atom. The third-order valence-electron chi connectivity index (χ3n) is 3.34. The van der Waals surface area contributed by atoms with Gasteiger partial charge in [-0.05, 0) is 32.4 Å². The zero-order chi connectivity index (χ0) is 15.2. The van der Waals surface area contributed by atoms with Crippen LogP contribution in [-0.2, 0) is 0 Å². The molecular formula is C17H20N2O2. The minimum Gasteiger partial charge on any atom is -0.396 e. The van der Waals surface area contributed by atoms with Gasteiger partial charge >= 0.3 is 0 Å². The summed E-state index contributed by atoms with van der Waals surface area (Å²) in [5.74, 6) is -0.152. The minimum atomic E-state index is -0.152. The van der Waals surface area contributed by atoms with Gasteiger partial charge in [0.25, 0.3) is 5.91 Å². The molecule has 1 amide bonds. The highest BCUT2D eigenvalue weighted by Crippen LogP contribution is 2.18. The lowest BCUT2D eigenvalue weighted by molar-refractivity contribution is 0.0933. The van der Waals surface area contributed by atoms with Gasteiger partial charge in [0.1, 0.15) is 0 Å². The number of aliphatic hydroxyl groups excluding tert-OH is 1. The molecule has 110 valence electrons. The number of amides is 1. The molecule has 21 heavy (non-hydrogen) atoms. The molecule has 1 aromatic carbocycles. The summed E-state index contributed by atoms with van der Waals surface area (Å²) in [6, 6.07) is 13.5. The smallest absolute Gasteiger partial charge is 0.253 e. The monoisotopic (exact) mass is 284 g/mol. The van der Waals surface area contributed by atoms with Crippen LogP contribution in [-0.4, -0.2) is 28.6 Å². The molecule has 1 unspecified atom stereocenters. The quantitative estimate of drug-likeness (QED) is 0.887. The fourth-order valence-corrected chi connectivity index (χ4v) is 2.14. The van der Waals surface area contributed by atoms with Gasteiger partial charge in [-0.25, -0.2) is 0 Å². The van der Waals surface area contributed by atoms with E-state index in [0.717, 1.165) is 11.3 Å². The Morgan fingerprint density at radius 1 is 1.24 bits per heavy atom. The van der Waals surface area contributed by atoms with Gasteiger partial charge in [0.05, 0.1) is 17.0 Å². The molecule has 2 rings (SSSR count). The normalized spacial score (nSPS) is 12.0. The van der Waals surface area contributed by atoms with Crippen molar-refractivity contribution in [3.05, 3.63) is 53.7 Å². The molecule has 0 bridgehead atoms. The molecule has 0 saturated heterocycles. The van der Waals surface area contributed by atoms with Crippen molar-refractivity contribution in [3.63, 3.8) is 0 Å². The highest BCUT2D eigenvalue weighted by atomic mass is 16.3. The summed E-state index contributed by atoms with van der Waals surface area (Å²) < 4.78 is 0. The number of nitrogens with one attached hydrogen (secondary N) is 1. The highest BCUT2D eigenvalue weighted by molar-refractivity contribution is 5.95. The lowest BCUT2D eigenvalue weighted by Gasteiger charge is -2.14. The third-order valence-corrected chi connectivity index (χ3v) is 3.34. The number of hydrogen-bond donors (Lipinski definition) is 2. The van der Waals surface area contributed by atoms with Gasteiger partial charge in [0.15, 0.2) is 0 Å². The van der Waals surface area contributed by atoms with Crippen molar-refractivity contribution in [2.45, 2.75) is 26.3 Å². The number of carbonyl (C=O) groups excluding carboxylic acids is 1. The van der Waals surface area contributed by atoms with Crippen molar-refractivity contribution in [2.24, 2.45) is 0 Å². The summed E-state index contributed by atoms with van der Waals surface area (Å²) >= 11 is 0. The standard InChI is InChI=1S/C17H20N2O2/c1-12(10-11-20)18-17(21)15-8-9-16(19-13(15)2)14-6-4-3-5-7-14/h3-9,12,20H,10-11H2,1-2H3,(H,18,21). The van der Waals surface area contributed by atoms with Gasteiger partial charge in [0.2, 0.25) is 0 Å². The van der Waals surface area contributed by atoms with E-state index in [2.05, 4.69) is 10.3 Å². The molecule has 0 aliphatic rings. The lowest BCUT2D eigenvalue weighted by atomic mass is 10.1. The Labute approximate surface area is 124 Å². The van der Waals surface area contributed by atoms with Crippen molar-refractivity contribution in [3.8, 4) is 11.3 Å². The summed E-state index contributed by atoms with van der Waals surface area (Å²) in [6.45, 7) is 3.76. The van der Waals surface area contributed by atoms with Crippen LogP contribution in [0.15, 0.2) is 42.5 Å². The zero-order valence-electron chi connectivity index (χ0n) is 12.3. The van der Waals surface area contributed by atoms with Crippen molar-refractivity contribution >= 4 is 5.91 Å². The second kappa shape index (κ2) is 6.99. The number of nitrogens with zero attached hydrogens (tertiary/aromatic N) is 1. The largest absolute Gasteiger partial charge is 0.396 e. The van der Waals surface area contributed by atoms with Gasteiger partial charge in [-0.3, -0.25) is 9.78 Å². The number of rotatable bonds is 5. The highest BCUT2D eigenvalue weighted by Gasteiger charge is 2.13. The van der Waals surface area contributed by atoms with E-state index in [1.807, 2.05) is 50.2 Å². The predicted molar refractivity (Wildman–Crippen MR) is 83.0 cm³/mol. The van der Waals surface area contributed by atoms with Crippen LogP contribution in [0, 0.1) is 6.92 Å². The van der Waals surface area contributed by atoms with Gasteiger partial charge in [-0.15, -0.1) is 0 Å². The Balaban J connectivity index is 2.18. The van der Waals surface area contributed by atoms with E-state index in [4.69, 9.17) is 5.11 Å². The van der Waals surface area contributed by atoms with E-state index in [-0.39, 0.29) is 18.6 Å². The first-order valence-corrected chi connectivity index (χ1v) is 7.06. The molecule has 1 atom stereocenters.